The number of hydrogen-bond acceptors (Lipinski definition) is 3. The van der Waals surface area contributed by atoms with Gasteiger partial charge >= 0.3 is 0 Å². The number of methoxy groups -OCH3 is 1. The summed E-state index contributed by atoms with van der Waals surface area (Å²) in [7, 11) is 1.55. The molecule has 0 spiro atoms. The van der Waals surface area contributed by atoms with Gasteiger partial charge in [0, 0.05) is 21.2 Å². The van der Waals surface area contributed by atoms with E-state index in [1.54, 1.807) is 25.3 Å². The fraction of sp³-hybridized carbons (Fsp3) is 0.0667. The van der Waals surface area contributed by atoms with E-state index in [2.05, 4.69) is 33.4 Å². The minimum atomic E-state index is -0.522. The molecule has 120 valence electrons. The lowest BCUT2D eigenvalue weighted by Gasteiger charge is -2.09. The molecule has 0 bridgehead atoms. The fourth-order valence-corrected chi connectivity index (χ4v) is 3.01. The van der Waals surface area contributed by atoms with E-state index in [1.807, 2.05) is 0 Å². The van der Waals surface area contributed by atoms with Gasteiger partial charge in [-0.2, -0.15) is 0 Å². The Hall–Kier alpha value is -1.51. The minimum absolute atomic E-state index is 0.243. The van der Waals surface area contributed by atoms with Crippen molar-refractivity contribution in [3.63, 3.8) is 0 Å². The fourth-order valence-electron chi connectivity index (χ4n) is 1.75. The van der Waals surface area contributed by atoms with Gasteiger partial charge in [-0.25, -0.2) is 0 Å². The molecule has 23 heavy (non-hydrogen) atoms. The van der Waals surface area contributed by atoms with Crippen LogP contribution in [0.4, 0.5) is 0 Å². The minimum Gasteiger partial charge on any atom is -0.496 e. The summed E-state index contributed by atoms with van der Waals surface area (Å²) in [6.45, 7) is 0. The molecule has 8 heteroatoms. The molecule has 0 saturated carbocycles. The van der Waals surface area contributed by atoms with Gasteiger partial charge in [-0.15, -0.1) is 0 Å². The number of benzene rings is 2. The molecule has 2 N–H and O–H groups in total. The highest BCUT2D eigenvalue weighted by Crippen LogP contribution is 2.21. The maximum Gasteiger partial charge on any atom is 0.269 e. The van der Waals surface area contributed by atoms with Crippen LogP contribution in [0, 0.1) is 3.57 Å². The molecule has 0 atom stereocenters. The first-order chi connectivity index (χ1) is 10.9. The largest absolute Gasteiger partial charge is 0.496 e. The van der Waals surface area contributed by atoms with Crippen molar-refractivity contribution in [2.45, 2.75) is 0 Å². The van der Waals surface area contributed by atoms with Gasteiger partial charge in [0.2, 0.25) is 0 Å². The lowest BCUT2D eigenvalue weighted by molar-refractivity contribution is 0.0846. The number of carbonyl (C=O) groups excluding carboxylic acids is 2. The first kappa shape index (κ1) is 17.8. The van der Waals surface area contributed by atoms with Crippen molar-refractivity contribution in [2.75, 3.05) is 7.11 Å². The molecule has 0 saturated heterocycles. The van der Waals surface area contributed by atoms with Crippen LogP contribution in [-0.4, -0.2) is 18.9 Å². The van der Waals surface area contributed by atoms with Gasteiger partial charge in [0.05, 0.1) is 10.7 Å². The van der Waals surface area contributed by atoms with Gasteiger partial charge in [0.15, 0.2) is 0 Å². The molecule has 2 rings (SSSR count). The van der Waals surface area contributed by atoms with Gasteiger partial charge in [-0.1, -0.05) is 23.2 Å². The van der Waals surface area contributed by atoms with Crippen molar-refractivity contribution >= 4 is 57.6 Å². The Morgan fingerprint density at radius 3 is 2.04 bits per heavy atom. The van der Waals surface area contributed by atoms with Gasteiger partial charge in [-0.3, -0.25) is 20.4 Å². The number of amides is 2. The summed E-state index contributed by atoms with van der Waals surface area (Å²) < 4.78 is 5.91. The van der Waals surface area contributed by atoms with E-state index >= 15 is 0 Å². The highest BCUT2D eigenvalue weighted by molar-refractivity contribution is 14.1. The third-order valence-corrected chi connectivity index (χ3v) is 4.11. The first-order valence-electron chi connectivity index (χ1n) is 6.31. The zero-order valence-corrected chi connectivity index (χ0v) is 15.5. The molecule has 0 unspecified atom stereocenters. The second-order valence-corrected chi connectivity index (χ2v) is 6.45. The lowest BCUT2D eigenvalue weighted by atomic mass is 10.2. The Kier molecular flexibility index (Phi) is 6.09. The Labute approximate surface area is 156 Å². The van der Waals surface area contributed by atoms with Crippen LogP contribution in [0.25, 0.3) is 0 Å². The topological polar surface area (TPSA) is 67.4 Å². The molecule has 0 aromatic heterocycles. The number of carbonyl (C=O) groups is 2. The highest BCUT2D eigenvalue weighted by atomic mass is 127. The maximum absolute atomic E-state index is 12.0. The maximum atomic E-state index is 12.0. The normalized spacial score (nSPS) is 10.1. The van der Waals surface area contributed by atoms with E-state index < -0.39 is 11.8 Å². The van der Waals surface area contributed by atoms with Crippen molar-refractivity contribution < 1.29 is 14.3 Å². The summed E-state index contributed by atoms with van der Waals surface area (Å²) >= 11 is 13.7. The lowest BCUT2D eigenvalue weighted by Crippen LogP contribution is -2.41. The van der Waals surface area contributed by atoms with E-state index in [4.69, 9.17) is 27.9 Å². The summed E-state index contributed by atoms with van der Waals surface area (Å²) in [5.41, 5.74) is 5.27. The average molecular weight is 465 g/mol. The van der Waals surface area contributed by atoms with Crippen LogP contribution < -0.4 is 15.6 Å². The molecule has 0 aliphatic carbocycles. The molecule has 5 nitrogen and oxygen atoms in total. The van der Waals surface area contributed by atoms with Gasteiger partial charge in [0.25, 0.3) is 11.8 Å². The molecule has 0 radical (unpaired) electrons. The van der Waals surface area contributed by atoms with Crippen molar-refractivity contribution in [1.29, 1.82) is 0 Å². The summed E-state index contributed by atoms with van der Waals surface area (Å²) in [5, 5.41) is 0.664. The molecule has 0 heterocycles. The third-order valence-electron chi connectivity index (χ3n) is 2.83. The van der Waals surface area contributed by atoms with Crippen LogP contribution in [0.15, 0.2) is 36.4 Å². The Bertz CT molecular complexity index is 748. The predicted molar refractivity (Wildman–Crippen MR) is 97.1 cm³/mol. The second kappa shape index (κ2) is 7.85. The molecule has 0 fully saturated rings. The van der Waals surface area contributed by atoms with E-state index in [-0.39, 0.29) is 5.56 Å². The molecule has 0 aliphatic rings. The van der Waals surface area contributed by atoms with E-state index in [0.29, 0.717) is 21.4 Å². The number of halogens is 3. The quantitative estimate of drug-likeness (QED) is 0.537. The highest BCUT2D eigenvalue weighted by Gasteiger charge is 2.12. The van der Waals surface area contributed by atoms with E-state index in [1.165, 1.54) is 18.2 Å². The Balaban J connectivity index is 2.03. The van der Waals surface area contributed by atoms with Crippen molar-refractivity contribution in [2.24, 2.45) is 0 Å². The number of nitrogens with one attached hydrogen (secondary N) is 2. The standard InChI is InChI=1S/C15H11Cl2IN2O3/c1-23-13-3-2-8(6-12(13)18)14(21)19-20-15(22)9-4-10(16)7-11(17)5-9/h2-7H,1H3,(H,19,21)(H,20,22). The van der Waals surface area contributed by atoms with Crippen molar-refractivity contribution in [1.82, 2.24) is 10.9 Å². The van der Waals surface area contributed by atoms with Crippen LogP contribution in [0.2, 0.25) is 10.0 Å². The average Bonchev–Trinajstić information content (AvgIpc) is 2.51. The summed E-state index contributed by atoms with van der Waals surface area (Å²) in [4.78, 5) is 24.0. The molecule has 2 aromatic rings. The second-order valence-electron chi connectivity index (χ2n) is 4.42. The van der Waals surface area contributed by atoms with Crippen molar-refractivity contribution in [3.05, 3.63) is 61.1 Å². The van der Waals surface area contributed by atoms with Gasteiger partial charge in [-0.05, 0) is 59.0 Å². The summed E-state index contributed by atoms with van der Waals surface area (Å²) in [5.74, 6) is -0.308. The number of hydrogen-bond donors (Lipinski definition) is 2. The van der Waals surface area contributed by atoms with E-state index in [9.17, 15) is 9.59 Å². The van der Waals surface area contributed by atoms with Crippen LogP contribution in [0.1, 0.15) is 20.7 Å². The molecule has 2 aromatic carbocycles. The summed E-state index contributed by atoms with van der Waals surface area (Å²) in [6, 6.07) is 9.33. The van der Waals surface area contributed by atoms with Crippen LogP contribution >= 0.6 is 45.8 Å². The Morgan fingerprint density at radius 1 is 0.957 bits per heavy atom. The Morgan fingerprint density at radius 2 is 1.52 bits per heavy atom. The zero-order valence-electron chi connectivity index (χ0n) is 11.8. The van der Waals surface area contributed by atoms with Crippen LogP contribution in [0.3, 0.4) is 0 Å². The van der Waals surface area contributed by atoms with Gasteiger partial charge in [0.1, 0.15) is 5.75 Å². The first-order valence-corrected chi connectivity index (χ1v) is 8.14. The number of rotatable bonds is 3. The predicted octanol–water partition coefficient (Wildman–Crippen LogP) is 3.68. The third kappa shape index (κ3) is 4.73. The molecular weight excluding hydrogens is 454 g/mol. The number of ether oxygens (including phenoxy) is 1. The van der Waals surface area contributed by atoms with Gasteiger partial charge < -0.3 is 4.74 Å². The zero-order chi connectivity index (χ0) is 17.0. The van der Waals surface area contributed by atoms with Crippen molar-refractivity contribution in [3.8, 4) is 5.75 Å². The SMILES string of the molecule is COc1ccc(C(=O)NNC(=O)c2cc(Cl)cc(Cl)c2)cc1I. The van der Waals surface area contributed by atoms with Crippen LogP contribution in [-0.2, 0) is 0 Å². The monoisotopic (exact) mass is 464 g/mol. The molecular formula is C15H11Cl2IN2O3. The van der Waals surface area contributed by atoms with E-state index in [0.717, 1.165) is 3.57 Å². The van der Waals surface area contributed by atoms with Crippen LogP contribution in [0.5, 0.6) is 5.75 Å². The molecule has 0 aliphatic heterocycles. The smallest absolute Gasteiger partial charge is 0.269 e. The number of hydrazine groups is 1. The molecule has 2 amide bonds. The summed E-state index contributed by atoms with van der Waals surface area (Å²) in [6.07, 6.45) is 0.